The summed E-state index contributed by atoms with van der Waals surface area (Å²) in [5.74, 6) is 0.237. The third kappa shape index (κ3) is 3.11. The van der Waals surface area contributed by atoms with Crippen LogP contribution in [0.25, 0.3) is 0 Å². The molecule has 0 unspecified atom stereocenters. The van der Waals surface area contributed by atoms with Gasteiger partial charge in [-0.3, -0.25) is 0 Å². The lowest BCUT2D eigenvalue weighted by atomic mass is 9.96. The van der Waals surface area contributed by atoms with Gasteiger partial charge >= 0.3 is 0 Å². The molecule has 5 heteroatoms. The van der Waals surface area contributed by atoms with Crippen LogP contribution < -0.4 is 0 Å². The molecule has 0 atom stereocenters. The van der Waals surface area contributed by atoms with Crippen LogP contribution in [0, 0.1) is 0 Å². The number of alkyl halides is 1. The molecular weight excluding hydrogens is 222 g/mol. The molecule has 0 aromatic carbocycles. The van der Waals surface area contributed by atoms with E-state index in [2.05, 4.69) is 0 Å². The molecular formula is C9H18ClNO2S. The highest BCUT2D eigenvalue weighted by Gasteiger charge is 2.26. The predicted molar refractivity (Wildman–Crippen MR) is 59.1 cm³/mol. The molecule has 84 valence electrons. The van der Waals surface area contributed by atoms with Crippen molar-refractivity contribution in [3.05, 3.63) is 0 Å². The van der Waals surface area contributed by atoms with Crippen molar-refractivity contribution in [1.82, 2.24) is 4.31 Å². The summed E-state index contributed by atoms with van der Waals surface area (Å²) < 4.78 is 24.9. The molecule has 0 heterocycles. The fourth-order valence-electron chi connectivity index (χ4n) is 1.91. The Morgan fingerprint density at radius 2 is 1.86 bits per heavy atom. The lowest BCUT2D eigenvalue weighted by molar-refractivity contribution is 0.286. The molecule has 0 spiro atoms. The van der Waals surface area contributed by atoms with Gasteiger partial charge in [0.1, 0.15) is 0 Å². The molecule has 1 rings (SSSR count). The summed E-state index contributed by atoms with van der Waals surface area (Å²) in [7, 11) is -1.43. The summed E-state index contributed by atoms with van der Waals surface area (Å²) >= 11 is 5.46. The molecule has 0 bridgehead atoms. The first-order valence-electron chi connectivity index (χ1n) is 5.09. The Balaban J connectivity index is 2.58. The van der Waals surface area contributed by atoms with E-state index in [1.807, 2.05) is 0 Å². The minimum Gasteiger partial charge on any atom is -0.212 e. The zero-order valence-electron chi connectivity index (χ0n) is 8.58. The fraction of sp³-hybridized carbons (Fsp3) is 1.00. The highest BCUT2D eigenvalue weighted by Crippen LogP contribution is 2.23. The van der Waals surface area contributed by atoms with Crippen molar-refractivity contribution in [3.8, 4) is 0 Å². The van der Waals surface area contributed by atoms with Crippen LogP contribution in [0.1, 0.15) is 32.1 Å². The van der Waals surface area contributed by atoms with E-state index in [9.17, 15) is 8.42 Å². The van der Waals surface area contributed by atoms with E-state index in [1.165, 1.54) is 10.7 Å². The number of hydrogen-bond acceptors (Lipinski definition) is 2. The topological polar surface area (TPSA) is 37.4 Å². The minimum absolute atomic E-state index is 0.0571. The van der Waals surface area contributed by atoms with Gasteiger partial charge in [0, 0.05) is 19.0 Å². The standard InChI is InChI=1S/C9H18ClNO2S/c1-11(14(12,13)8-7-10)9-5-3-2-4-6-9/h9H,2-8H2,1H3. The van der Waals surface area contributed by atoms with Gasteiger partial charge in [0.2, 0.25) is 10.0 Å². The van der Waals surface area contributed by atoms with E-state index in [0.29, 0.717) is 0 Å². The molecule has 0 aromatic rings. The monoisotopic (exact) mass is 239 g/mol. The maximum Gasteiger partial charge on any atom is 0.215 e. The van der Waals surface area contributed by atoms with Gasteiger partial charge in [0.25, 0.3) is 0 Å². The highest BCUT2D eigenvalue weighted by atomic mass is 35.5. The van der Waals surface area contributed by atoms with Crippen molar-refractivity contribution < 1.29 is 8.42 Å². The van der Waals surface area contributed by atoms with Gasteiger partial charge in [-0.05, 0) is 12.8 Å². The Labute approximate surface area is 91.5 Å². The van der Waals surface area contributed by atoms with Gasteiger partial charge in [-0.25, -0.2) is 12.7 Å². The quantitative estimate of drug-likeness (QED) is 0.702. The molecule has 14 heavy (non-hydrogen) atoms. The van der Waals surface area contributed by atoms with Crippen molar-refractivity contribution in [2.75, 3.05) is 18.7 Å². The first-order valence-corrected chi connectivity index (χ1v) is 7.24. The first kappa shape index (κ1) is 12.3. The Morgan fingerprint density at radius 1 is 1.29 bits per heavy atom. The van der Waals surface area contributed by atoms with Gasteiger partial charge < -0.3 is 0 Å². The largest absolute Gasteiger partial charge is 0.215 e. The van der Waals surface area contributed by atoms with E-state index in [4.69, 9.17) is 11.6 Å². The summed E-state index contributed by atoms with van der Waals surface area (Å²) in [6, 6.07) is 0.206. The van der Waals surface area contributed by atoms with Gasteiger partial charge in [0.05, 0.1) is 5.75 Å². The minimum atomic E-state index is -3.11. The number of rotatable bonds is 4. The summed E-state index contributed by atoms with van der Waals surface area (Å²) in [5, 5.41) is 0. The van der Waals surface area contributed by atoms with Crippen LogP contribution in [-0.4, -0.2) is 37.4 Å². The fourth-order valence-corrected chi connectivity index (χ4v) is 3.65. The zero-order chi connectivity index (χ0) is 10.6. The highest BCUT2D eigenvalue weighted by molar-refractivity contribution is 7.89. The van der Waals surface area contributed by atoms with E-state index in [-0.39, 0.29) is 17.7 Å². The van der Waals surface area contributed by atoms with Crippen LogP contribution in [0.4, 0.5) is 0 Å². The summed E-state index contributed by atoms with van der Waals surface area (Å²) in [4.78, 5) is 0. The van der Waals surface area contributed by atoms with E-state index in [1.54, 1.807) is 7.05 Å². The smallest absolute Gasteiger partial charge is 0.212 e. The second-order valence-corrected chi connectivity index (χ2v) is 6.34. The first-order chi connectivity index (χ1) is 6.58. The Hall–Kier alpha value is 0.200. The van der Waals surface area contributed by atoms with Crippen LogP contribution in [0.5, 0.6) is 0 Å². The average molecular weight is 240 g/mol. The Bertz CT molecular complexity index is 260. The van der Waals surface area contributed by atoms with Crippen molar-refractivity contribution in [2.24, 2.45) is 0 Å². The van der Waals surface area contributed by atoms with Crippen LogP contribution >= 0.6 is 11.6 Å². The maximum atomic E-state index is 11.7. The number of nitrogens with zero attached hydrogens (tertiary/aromatic N) is 1. The van der Waals surface area contributed by atoms with Gasteiger partial charge in [-0.2, -0.15) is 0 Å². The second-order valence-electron chi connectivity index (χ2n) is 3.81. The second kappa shape index (κ2) is 5.33. The average Bonchev–Trinajstić information content (AvgIpc) is 2.18. The molecule has 1 fully saturated rings. The molecule has 0 amide bonds. The SMILES string of the molecule is CN(C1CCCCC1)S(=O)(=O)CCCl. The lowest BCUT2D eigenvalue weighted by Crippen LogP contribution is -2.39. The van der Waals surface area contributed by atoms with Crippen molar-refractivity contribution in [1.29, 1.82) is 0 Å². The third-order valence-electron chi connectivity index (χ3n) is 2.86. The van der Waals surface area contributed by atoms with Gasteiger partial charge in [0.15, 0.2) is 0 Å². The molecule has 1 aliphatic rings. The lowest BCUT2D eigenvalue weighted by Gasteiger charge is -2.30. The normalized spacial score (nSPS) is 20.2. The van der Waals surface area contributed by atoms with E-state index in [0.717, 1.165) is 25.7 Å². The van der Waals surface area contributed by atoms with Gasteiger partial charge in [-0.1, -0.05) is 19.3 Å². The molecule has 1 saturated carbocycles. The van der Waals surface area contributed by atoms with Crippen LogP contribution in [0.15, 0.2) is 0 Å². The maximum absolute atomic E-state index is 11.7. The van der Waals surface area contributed by atoms with Crippen molar-refractivity contribution >= 4 is 21.6 Å². The van der Waals surface area contributed by atoms with Crippen LogP contribution in [0.2, 0.25) is 0 Å². The van der Waals surface area contributed by atoms with Crippen LogP contribution in [0.3, 0.4) is 0 Å². The summed E-state index contributed by atoms with van der Waals surface area (Å²) in [5.41, 5.74) is 0. The van der Waals surface area contributed by atoms with E-state index < -0.39 is 10.0 Å². The molecule has 0 saturated heterocycles. The van der Waals surface area contributed by atoms with Crippen molar-refractivity contribution in [2.45, 2.75) is 38.1 Å². The third-order valence-corrected chi connectivity index (χ3v) is 5.17. The predicted octanol–water partition coefficient (Wildman–Crippen LogP) is 1.82. The van der Waals surface area contributed by atoms with Crippen molar-refractivity contribution in [3.63, 3.8) is 0 Å². The molecule has 3 nitrogen and oxygen atoms in total. The Morgan fingerprint density at radius 3 is 2.36 bits per heavy atom. The Kier molecular flexibility index (Phi) is 4.67. The summed E-state index contributed by atoms with van der Waals surface area (Å²) in [6.07, 6.45) is 5.52. The molecule has 0 N–H and O–H groups in total. The van der Waals surface area contributed by atoms with Gasteiger partial charge in [-0.15, -0.1) is 11.6 Å². The molecule has 1 aliphatic carbocycles. The number of halogens is 1. The zero-order valence-corrected chi connectivity index (χ0v) is 10.1. The summed E-state index contributed by atoms with van der Waals surface area (Å²) in [6.45, 7) is 0. The van der Waals surface area contributed by atoms with E-state index >= 15 is 0 Å². The number of sulfonamides is 1. The molecule has 0 radical (unpaired) electrons. The number of hydrogen-bond donors (Lipinski definition) is 0. The molecule has 0 aliphatic heterocycles. The van der Waals surface area contributed by atoms with Crippen LogP contribution in [-0.2, 0) is 10.0 Å². The molecule has 0 aromatic heterocycles.